The number of carbonyl (C=O) groups excluding carboxylic acids is 3. The SMILES string of the molecule is CN=C(N)NC(CC(C)=CCC12OC1(C(=O)OCCO)C(=O)c1ccccc1C2=O)c1ccnc(N)c1. The Morgan fingerprint density at radius 3 is 2.62 bits per heavy atom. The van der Waals surface area contributed by atoms with Crippen molar-refractivity contribution in [3.05, 3.63) is 70.9 Å². The number of pyridine rings is 1. The predicted molar refractivity (Wildman–Crippen MR) is 135 cm³/mol. The number of hydrogen-bond acceptors (Lipinski definition) is 9. The maximum absolute atomic E-state index is 13.6. The van der Waals surface area contributed by atoms with Crippen LogP contribution in [0.25, 0.3) is 0 Å². The zero-order valence-corrected chi connectivity index (χ0v) is 20.6. The number of esters is 1. The van der Waals surface area contributed by atoms with E-state index in [9.17, 15) is 14.4 Å². The van der Waals surface area contributed by atoms with Gasteiger partial charge in [0, 0.05) is 30.8 Å². The lowest BCUT2D eigenvalue weighted by atomic mass is 9.72. The van der Waals surface area contributed by atoms with Gasteiger partial charge in [0.15, 0.2) is 17.3 Å². The first-order chi connectivity index (χ1) is 17.7. The van der Waals surface area contributed by atoms with Crippen LogP contribution >= 0.6 is 0 Å². The number of aliphatic imine (C=N–C) groups is 1. The second-order valence-electron chi connectivity index (χ2n) is 8.95. The van der Waals surface area contributed by atoms with Gasteiger partial charge in [0.2, 0.25) is 5.78 Å². The molecule has 1 aliphatic heterocycles. The van der Waals surface area contributed by atoms with E-state index in [4.69, 9.17) is 26.0 Å². The van der Waals surface area contributed by atoms with E-state index < -0.39 is 35.3 Å². The first-order valence-corrected chi connectivity index (χ1v) is 11.7. The lowest BCUT2D eigenvalue weighted by molar-refractivity contribution is -0.149. The molecule has 6 N–H and O–H groups in total. The molecule has 1 aliphatic carbocycles. The van der Waals surface area contributed by atoms with Crippen molar-refractivity contribution in [2.45, 2.75) is 37.0 Å². The van der Waals surface area contributed by atoms with Gasteiger partial charge < -0.3 is 31.4 Å². The second kappa shape index (κ2) is 10.1. The van der Waals surface area contributed by atoms with E-state index in [1.54, 1.807) is 49.7 Å². The number of fused-ring (bicyclic) bond motifs is 2. The highest BCUT2D eigenvalue weighted by molar-refractivity contribution is 6.32. The number of ketones is 2. The van der Waals surface area contributed by atoms with Crippen LogP contribution in [0.15, 0.2) is 59.2 Å². The summed E-state index contributed by atoms with van der Waals surface area (Å²) in [6.45, 7) is 1.11. The number of hydrogen-bond donors (Lipinski definition) is 4. The number of guanidine groups is 1. The molecule has 0 radical (unpaired) electrons. The Morgan fingerprint density at radius 1 is 1.27 bits per heavy atom. The van der Waals surface area contributed by atoms with Crippen molar-refractivity contribution in [3.63, 3.8) is 0 Å². The Kier molecular flexibility index (Phi) is 7.10. The van der Waals surface area contributed by atoms with Gasteiger partial charge in [0.1, 0.15) is 12.4 Å². The molecule has 1 aromatic heterocycles. The zero-order valence-electron chi connectivity index (χ0n) is 20.6. The third kappa shape index (κ3) is 4.47. The molecule has 3 atom stereocenters. The number of Topliss-reactive ketones (excluding diaryl/α,β-unsaturated/α-hetero) is 2. The van der Waals surface area contributed by atoms with Crippen molar-refractivity contribution in [3.8, 4) is 0 Å². The second-order valence-corrected chi connectivity index (χ2v) is 8.95. The number of anilines is 1. The summed E-state index contributed by atoms with van der Waals surface area (Å²) >= 11 is 0. The van der Waals surface area contributed by atoms with Crippen LogP contribution < -0.4 is 16.8 Å². The number of carbonyl (C=O) groups is 3. The molecule has 11 nitrogen and oxygen atoms in total. The van der Waals surface area contributed by atoms with Crippen LogP contribution in [0.3, 0.4) is 0 Å². The van der Waals surface area contributed by atoms with Crippen molar-refractivity contribution in [2.75, 3.05) is 26.0 Å². The normalized spacial score (nSPS) is 23.6. The average Bonchev–Trinajstić information content (AvgIpc) is 3.61. The van der Waals surface area contributed by atoms with Crippen LogP contribution in [0.2, 0.25) is 0 Å². The van der Waals surface area contributed by atoms with Gasteiger partial charge in [-0.05, 0) is 31.0 Å². The topological polar surface area (TPSA) is 183 Å². The lowest BCUT2D eigenvalue weighted by Crippen LogP contribution is -2.50. The van der Waals surface area contributed by atoms with Gasteiger partial charge in [-0.15, -0.1) is 0 Å². The highest BCUT2D eigenvalue weighted by Crippen LogP contribution is 2.58. The largest absolute Gasteiger partial charge is 0.461 e. The Morgan fingerprint density at radius 2 is 1.97 bits per heavy atom. The standard InChI is InChI=1S/C26H29N5O6/c1-15(13-19(31-24(28)29-2)16-8-10-30-20(27)14-16)7-9-25-21(33)17-5-3-4-6-18(17)22(34)26(25,37-25)23(35)36-12-11-32/h3-8,10,14,19,32H,9,11-13H2,1-2H3,(H2,27,30)(H3,28,29,31). The van der Waals surface area contributed by atoms with E-state index in [1.165, 1.54) is 6.07 Å². The molecule has 37 heavy (non-hydrogen) atoms. The average molecular weight is 508 g/mol. The predicted octanol–water partition coefficient (Wildman–Crippen LogP) is 1.09. The van der Waals surface area contributed by atoms with Crippen LogP contribution in [-0.2, 0) is 14.3 Å². The van der Waals surface area contributed by atoms with E-state index in [0.717, 1.165) is 11.1 Å². The summed E-state index contributed by atoms with van der Waals surface area (Å²) in [5.41, 5.74) is 9.92. The molecule has 2 aromatic rings. The first-order valence-electron chi connectivity index (χ1n) is 11.7. The molecule has 2 aliphatic rings. The molecule has 2 heterocycles. The molecule has 3 unspecified atom stereocenters. The highest BCUT2D eigenvalue weighted by Gasteiger charge is 2.85. The number of aliphatic hydroxyl groups is 1. The lowest BCUT2D eigenvalue weighted by Gasteiger charge is -2.24. The van der Waals surface area contributed by atoms with Crippen LogP contribution in [0, 0.1) is 0 Å². The molecule has 0 saturated carbocycles. The third-order valence-electron chi connectivity index (χ3n) is 6.60. The molecule has 1 aromatic carbocycles. The monoisotopic (exact) mass is 507 g/mol. The number of epoxide rings is 1. The van der Waals surface area contributed by atoms with Gasteiger partial charge in [-0.3, -0.25) is 14.6 Å². The van der Waals surface area contributed by atoms with E-state index in [0.29, 0.717) is 12.2 Å². The summed E-state index contributed by atoms with van der Waals surface area (Å²) in [6.07, 6.45) is 3.76. The van der Waals surface area contributed by atoms with Gasteiger partial charge in [0.25, 0.3) is 5.60 Å². The van der Waals surface area contributed by atoms with E-state index in [2.05, 4.69) is 15.3 Å². The molecule has 4 rings (SSSR count). The Bertz CT molecular complexity index is 1310. The van der Waals surface area contributed by atoms with Crippen molar-refractivity contribution in [1.29, 1.82) is 0 Å². The van der Waals surface area contributed by atoms with Crippen molar-refractivity contribution >= 4 is 29.3 Å². The van der Waals surface area contributed by atoms with Crippen molar-refractivity contribution < 1.29 is 29.0 Å². The maximum Gasteiger partial charge on any atom is 0.350 e. The number of nitrogen functional groups attached to an aromatic ring is 1. The fourth-order valence-corrected chi connectivity index (χ4v) is 4.68. The number of aliphatic hydroxyl groups excluding tert-OH is 1. The van der Waals surface area contributed by atoms with Crippen LogP contribution in [0.5, 0.6) is 0 Å². The van der Waals surface area contributed by atoms with Crippen LogP contribution in [-0.4, -0.2) is 65.0 Å². The van der Waals surface area contributed by atoms with Gasteiger partial charge in [-0.1, -0.05) is 35.9 Å². The number of benzene rings is 1. The molecular formula is C26H29N5O6. The quantitative estimate of drug-likeness (QED) is 0.0957. The first kappa shape index (κ1) is 26.0. The summed E-state index contributed by atoms with van der Waals surface area (Å²) < 4.78 is 10.8. The Balaban J connectivity index is 1.64. The summed E-state index contributed by atoms with van der Waals surface area (Å²) in [4.78, 5) is 47.9. The van der Waals surface area contributed by atoms with E-state index in [-0.39, 0.29) is 36.2 Å². The molecule has 0 bridgehead atoms. The maximum atomic E-state index is 13.6. The van der Waals surface area contributed by atoms with E-state index >= 15 is 0 Å². The van der Waals surface area contributed by atoms with E-state index in [1.807, 2.05) is 6.92 Å². The number of nitrogens with zero attached hydrogens (tertiary/aromatic N) is 2. The minimum Gasteiger partial charge on any atom is -0.461 e. The summed E-state index contributed by atoms with van der Waals surface area (Å²) in [6, 6.07) is 9.49. The summed E-state index contributed by atoms with van der Waals surface area (Å²) in [5.74, 6) is -1.51. The number of ether oxygens (including phenoxy) is 2. The fraction of sp³-hybridized carbons (Fsp3) is 0.346. The van der Waals surface area contributed by atoms with Crippen molar-refractivity contribution in [2.24, 2.45) is 10.7 Å². The van der Waals surface area contributed by atoms with Gasteiger partial charge in [-0.25, -0.2) is 9.78 Å². The number of nitrogens with one attached hydrogen (secondary N) is 1. The van der Waals surface area contributed by atoms with Crippen LogP contribution in [0.4, 0.5) is 5.82 Å². The molecule has 194 valence electrons. The Hall–Kier alpha value is -4.09. The number of nitrogens with two attached hydrogens (primary N) is 2. The van der Waals surface area contributed by atoms with Gasteiger partial charge >= 0.3 is 5.97 Å². The molecule has 0 spiro atoms. The fourth-order valence-electron chi connectivity index (χ4n) is 4.68. The molecule has 1 fully saturated rings. The number of rotatable bonds is 9. The minimum absolute atomic E-state index is 0.0332. The zero-order chi connectivity index (χ0) is 26.8. The summed E-state index contributed by atoms with van der Waals surface area (Å²) in [7, 11) is 1.56. The summed E-state index contributed by atoms with van der Waals surface area (Å²) in [5, 5.41) is 12.2. The van der Waals surface area contributed by atoms with Crippen LogP contribution in [0.1, 0.15) is 52.1 Å². The molecule has 1 saturated heterocycles. The molecule has 0 amide bonds. The third-order valence-corrected chi connectivity index (χ3v) is 6.60. The van der Waals surface area contributed by atoms with Crippen molar-refractivity contribution in [1.82, 2.24) is 10.3 Å². The number of aromatic nitrogens is 1. The molecular weight excluding hydrogens is 478 g/mol. The minimum atomic E-state index is -2.08. The van der Waals surface area contributed by atoms with Gasteiger partial charge in [0.05, 0.1) is 12.6 Å². The molecule has 11 heteroatoms. The highest BCUT2D eigenvalue weighted by atomic mass is 16.7. The Labute approximate surface area is 213 Å². The smallest absolute Gasteiger partial charge is 0.350 e. The van der Waals surface area contributed by atoms with Gasteiger partial charge in [-0.2, -0.15) is 0 Å².